The molecule has 2 fully saturated rings. The first-order valence-electron chi connectivity index (χ1n) is 8.55. The Hall–Kier alpha value is -1.17. The molecule has 0 radical (unpaired) electrons. The zero-order valence-electron chi connectivity index (χ0n) is 14.9. The second-order valence-electron chi connectivity index (χ2n) is 8.67. The van der Waals surface area contributed by atoms with Gasteiger partial charge in [-0.1, -0.05) is 73.8 Å². The van der Waals surface area contributed by atoms with Gasteiger partial charge >= 0.3 is 0 Å². The summed E-state index contributed by atoms with van der Waals surface area (Å²) >= 11 is 0. The predicted molar refractivity (Wildman–Crippen MR) is 101 cm³/mol. The van der Waals surface area contributed by atoms with E-state index < -0.39 is 28.4 Å². The second kappa shape index (κ2) is 4.51. The lowest BCUT2D eigenvalue weighted by atomic mass is 9.74. The first-order chi connectivity index (χ1) is 11.1. The minimum atomic E-state index is -3.38. The summed E-state index contributed by atoms with van der Waals surface area (Å²) in [4.78, 5) is 0. The third-order valence-electron chi connectivity index (χ3n) is 6.02. The van der Waals surface area contributed by atoms with Crippen LogP contribution in [0.2, 0.25) is 19.6 Å². The van der Waals surface area contributed by atoms with Crippen molar-refractivity contribution in [3.8, 4) is 0 Å². The quantitative estimate of drug-likeness (QED) is 0.597. The second-order valence-corrected chi connectivity index (χ2v) is 16.2. The molecule has 1 aromatic carbocycles. The Balaban J connectivity index is 2.02. The molecule has 128 valence electrons. The molecule has 5 heteroatoms. The van der Waals surface area contributed by atoms with E-state index in [9.17, 15) is 8.42 Å². The van der Waals surface area contributed by atoms with Crippen molar-refractivity contribution in [3.05, 3.63) is 59.7 Å². The molecule has 0 aromatic heterocycles. The maximum Gasteiger partial charge on any atom is 0.224 e. The van der Waals surface area contributed by atoms with Gasteiger partial charge in [-0.15, -0.1) is 0 Å². The molecule has 1 aliphatic carbocycles. The molecule has 2 saturated heterocycles. The first kappa shape index (κ1) is 16.3. The van der Waals surface area contributed by atoms with Crippen LogP contribution in [0.3, 0.4) is 0 Å². The van der Waals surface area contributed by atoms with Crippen molar-refractivity contribution in [3.63, 3.8) is 0 Å². The van der Waals surface area contributed by atoms with Gasteiger partial charge in [-0.2, -0.15) is 4.31 Å². The topological polar surface area (TPSA) is 37.1 Å². The molecular weight excluding hydrogens is 334 g/mol. The molecule has 2 heterocycles. The van der Waals surface area contributed by atoms with E-state index in [0.717, 1.165) is 11.1 Å². The highest BCUT2D eigenvalue weighted by Crippen LogP contribution is 2.71. The highest BCUT2D eigenvalue weighted by atomic mass is 32.2. The fraction of sp³-hybridized carbons (Fsp3) is 0.474. The molecule has 24 heavy (non-hydrogen) atoms. The van der Waals surface area contributed by atoms with Crippen molar-refractivity contribution in [2.75, 3.05) is 0 Å². The van der Waals surface area contributed by atoms with Crippen LogP contribution >= 0.6 is 0 Å². The Morgan fingerprint density at radius 3 is 2.33 bits per heavy atom. The van der Waals surface area contributed by atoms with Gasteiger partial charge in [0, 0.05) is 11.6 Å². The van der Waals surface area contributed by atoms with Gasteiger partial charge in [0.05, 0.1) is 13.6 Å². The number of hydrogen-bond acceptors (Lipinski definition) is 2. The Morgan fingerprint density at radius 1 is 1.12 bits per heavy atom. The Bertz CT molecular complexity index is 868. The molecule has 0 spiro atoms. The van der Waals surface area contributed by atoms with Crippen LogP contribution in [0.1, 0.15) is 19.4 Å². The normalized spacial score (nSPS) is 42.2. The third kappa shape index (κ3) is 1.68. The SMILES string of the molecule is CC1=C[C@H]2[C@@]3(c4ccccc4)[C@H]([Si](C)(C)C)N3S(=O)(=O)[C@@]2(C)C=C1. The van der Waals surface area contributed by atoms with Crippen molar-refractivity contribution in [1.82, 2.24) is 4.31 Å². The third-order valence-corrected chi connectivity index (χ3v) is 11.1. The Morgan fingerprint density at radius 2 is 1.75 bits per heavy atom. The highest BCUT2D eigenvalue weighted by Gasteiger charge is 2.85. The lowest BCUT2D eigenvalue weighted by Gasteiger charge is -2.36. The summed E-state index contributed by atoms with van der Waals surface area (Å²) in [5.41, 5.74) is 2.04. The van der Waals surface area contributed by atoms with Crippen molar-refractivity contribution in [1.29, 1.82) is 0 Å². The number of fused-ring (bicyclic) bond motifs is 3. The van der Waals surface area contributed by atoms with Gasteiger partial charge in [0.25, 0.3) is 0 Å². The van der Waals surface area contributed by atoms with E-state index in [1.165, 1.54) is 0 Å². The fourth-order valence-electron chi connectivity index (χ4n) is 5.02. The number of hydrogen-bond donors (Lipinski definition) is 0. The maximum atomic E-state index is 13.5. The summed E-state index contributed by atoms with van der Waals surface area (Å²) in [7, 11) is -5.08. The standard InChI is InChI=1S/C19H25NO2SSi/c1-14-11-12-18(2)16(13-14)19(15-9-7-6-8-10-15)17(24(3,4)5)20(19)23(18,21)22/h6-13,16-17H,1-5H3/t16-,17+,18+,19+,20?/m1/s1. The van der Waals surface area contributed by atoms with E-state index >= 15 is 0 Å². The van der Waals surface area contributed by atoms with Crippen LogP contribution in [0.4, 0.5) is 0 Å². The molecule has 0 N–H and O–H groups in total. The van der Waals surface area contributed by atoms with Crippen LogP contribution in [-0.4, -0.2) is 31.2 Å². The monoisotopic (exact) mass is 359 g/mol. The maximum absolute atomic E-state index is 13.5. The molecule has 0 amide bonds. The zero-order chi connectivity index (χ0) is 17.5. The van der Waals surface area contributed by atoms with Gasteiger partial charge in [0.2, 0.25) is 10.0 Å². The predicted octanol–water partition coefficient (Wildman–Crippen LogP) is 3.68. The van der Waals surface area contributed by atoms with E-state index in [2.05, 4.69) is 44.8 Å². The number of sulfonamides is 1. The summed E-state index contributed by atoms with van der Waals surface area (Å²) < 4.78 is 28.0. The van der Waals surface area contributed by atoms with Gasteiger partial charge in [-0.05, 0) is 19.4 Å². The van der Waals surface area contributed by atoms with Gasteiger partial charge in [0.1, 0.15) is 4.75 Å². The Labute approximate surface area is 146 Å². The summed E-state index contributed by atoms with van der Waals surface area (Å²) in [5.74, 6) is -0.0286. The molecular formula is C19H25NO2SSi. The van der Waals surface area contributed by atoms with Gasteiger partial charge in [-0.25, -0.2) is 8.42 Å². The zero-order valence-corrected chi connectivity index (χ0v) is 16.8. The average molecular weight is 360 g/mol. The minimum absolute atomic E-state index is 0.0286. The van der Waals surface area contributed by atoms with E-state index in [4.69, 9.17) is 0 Å². The lowest BCUT2D eigenvalue weighted by molar-refractivity contribution is 0.413. The number of allylic oxidation sites excluding steroid dienone is 2. The summed E-state index contributed by atoms with van der Waals surface area (Å²) in [6.07, 6.45) is 6.08. The summed E-state index contributed by atoms with van der Waals surface area (Å²) in [6, 6.07) is 10.3. The van der Waals surface area contributed by atoms with Crippen LogP contribution in [0.5, 0.6) is 0 Å². The van der Waals surface area contributed by atoms with E-state index in [-0.39, 0.29) is 11.6 Å². The van der Waals surface area contributed by atoms with E-state index in [1.54, 1.807) is 0 Å². The number of nitrogens with zero attached hydrogens (tertiary/aromatic N) is 1. The molecule has 3 nitrogen and oxygen atoms in total. The van der Waals surface area contributed by atoms with E-state index in [1.807, 2.05) is 41.6 Å². The molecule has 1 unspecified atom stereocenters. The van der Waals surface area contributed by atoms with Crippen molar-refractivity contribution in [2.45, 2.75) is 49.4 Å². The van der Waals surface area contributed by atoms with Crippen LogP contribution in [-0.2, 0) is 15.6 Å². The average Bonchev–Trinajstić information content (AvgIpc) is 3.19. The molecule has 3 aliphatic rings. The number of rotatable bonds is 2. The molecule has 5 atom stereocenters. The van der Waals surface area contributed by atoms with Gasteiger partial charge in [0.15, 0.2) is 0 Å². The van der Waals surface area contributed by atoms with Crippen LogP contribution in [0.25, 0.3) is 0 Å². The molecule has 4 rings (SSSR count). The minimum Gasteiger partial charge on any atom is -0.211 e. The summed E-state index contributed by atoms with van der Waals surface area (Å²) in [5, 5.41) is 0. The largest absolute Gasteiger partial charge is 0.224 e. The van der Waals surface area contributed by atoms with Crippen molar-refractivity contribution < 1.29 is 8.42 Å². The van der Waals surface area contributed by atoms with Crippen molar-refractivity contribution >= 4 is 18.1 Å². The molecule has 0 saturated carbocycles. The van der Waals surface area contributed by atoms with Gasteiger partial charge in [-0.3, -0.25) is 0 Å². The Kier molecular flexibility index (Phi) is 3.06. The van der Waals surface area contributed by atoms with Crippen LogP contribution in [0.15, 0.2) is 54.1 Å². The van der Waals surface area contributed by atoms with Crippen molar-refractivity contribution in [2.24, 2.45) is 5.92 Å². The van der Waals surface area contributed by atoms with Crippen LogP contribution < -0.4 is 0 Å². The first-order valence-corrected chi connectivity index (χ1v) is 13.6. The van der Waals surface area contributed by atoms with E-state index in [0.29, 0.717) is 0 Å². The summed E-state index contributed by atoms with van der Waals surface area (Å²) in [6.45, 7) is 10.8. The van der Waals surface area contributed by atoms with Crippen LogP contribution in [0, 0.1) is 5.92 Å². The molecule has 0 bridgehead atoms. The molecule has 2 aliphatic heterocycles. The fourth-order valence-corrected chi connectivity index (χ4v) is 11.5. The number of benzene rings is 1. The highest BCUT2D eigenvalue weighted by molar-refractivity contribution is 7.91. The molecule has 1 aromatic rings. The smallest absolute Gasteiger partial charge is 0.211 e. The van der Waals surface area contributed by atoms with Gasteiger partial charge < -0.3 is 0 Å². The lowest BCUT2D eigenvalue weighted by Crippen LogP contribution is -2.49.